The molecule has 4 rings (SSSR count). The van der Waals surface area contributed by atoms with E-state index < -0.39 is 0 Å². The highest BCUT2D eigenvalue weighted by atomic mass is 16.5. The van der Waals surface area contributed by atoms with Crippen molar-refractivity contribution in [3.63, 3.8) is 0 Å². The Hall–Kier alpha value is -3.85. The zero-order chi connectivity index (χ0) is 25.5. The van der Waals surface area contributed by atoms with Crippen LogP contribution < -0.4 is 9.47 Å². The van der Waals surface area contributed by atoms with Gasteiger partial charge in [0, 0.05) is 11.1 Å². The molecular weight excluding hydrogens is 444 g/mol. The molecule has 184 valence electrons. The molecule has 0 unspecified atom stereocenters. The summed E-state index contributed by atoms with van der Waals surface area (Å²) in [5.41, 5.74) is 6.55. The number of hydrogen-bond donors (Lipinski definition) is 0. The van der Waals surface area contributed by atoms with Crippen molar-refractivity contribution in [2.24, 2.45) is 0 Å². The average molecular weight is 479 g/mol. The molecule has 0 fully saturated rings. The van der Waals surface area contributed by atoms with E-state index in [1.807, 2.05) is 60.7 Å². The molecule has 0 aliphatic heterocycles. The smallest absolute Gasteiger partial charge is 0.193 e. The number of carbonyl (C=O) groups is 1. The van der Waals surface area contributed by atoms with Crippen molar-refractivity contribution in [3.8, 4) is 23.0 Å². The quantitative estimate of drug-likeness (QED) is 0.214. The number of ketones is 1. The molecule has 0 saturated heterocycles. The standard InChI is InChI=1S/C33H34O3/c1-5-23-9-19-31(21-25(23)7-3)35-29-15-11-27(12-16-29)33(34)28-13-17-30(18-14-28)36-32-20-10-24(6-2)26(8-4)22-32/h9-22H,5-8H2,1-4H3. The predicted octanol–water partition coefficient (Wildman–Crippen LogP) is 8.75. The third-order valence-electron chi connectivity index (χ3n) is 6.58. The van der Waals surface area contributed by atoms with Crippen LogP contribution in [0, 0.1) is 0 Å². The van der Waals surface area contributed by atoms with Gasteiger partial charge in [0.15, 0.2) is 5.78 Å². The summed E-state index contributed by atoms with van der Waals surface area (Å²) < 4.78 is 12.1. The minimum atomic E-state index is -0.0331. The predicted molar refractivity (Wildman–Crippen MR) is 147 cm³/mol. The summed E-state index contributed by atoms with van der Waals surface area (Å²) in [4.78, 5) is 13.0. The summed E-state index contributed by atoms with van der Waals surface area (Å²) in [5, 5.41) is 0. The van der Waals surface area contributed by atoms with Crippen molar-refractivity contribution in [3.05, 3.63) is 118 Å². The molecule has 0 amide bonds. The molecule has 3 heteroatoms. The molecule has 0 aromatic heterocycles. The first-order valence-electron chi connectivity index (χ1n) is 12.9. The van der Waals surface area contributed by atoms with Gasteiger partial charge in [0.1, 0.15) is 23.0 Å². The number of ether oxygens (including phenoxy) is 2. The van der Waals surface area contributed by atoms with Crippen molar-refractivity contribution in [1.82, 2.24) is 0 Å². The van der Waals surface area contributed by atoms with Crippen LogP contribution in [0.15, 0.2) is 84.9 Å². The Morgan fingerprint density at radius 3 is 1.14 bits per heavy atom. The molecule has 4 aromatic rings. The summed E-state index contributed by atoms with van der Waals surface area (Å²) >= 11 is 0. The topological polar surface area (TPSA) is 35.5 Å². The van der Waals surface area contributed by atoms with Crippen LogP contribution in [0.25, 0.3) is 0 Å². The van der Waals surface area contributed by atoms with Gasteiger partial charge in [-0.1, -0.05) is 39.8 Å². The molecule has 36 heavy (non-hydrogen) atoms. The highest BCUT2D eigenvalue weighted by Crippen LogP contribution is 2.27. The van der Waals surface area contributed by atoms with Gasteiger partial charge in [-0.3, -0.25) is 4.79 Å². The van der Waals surface area contributed by atoms with Crippen LogP contribution in [0.5, 0.6) is 23.0 Å². The summed E-state index contributed by atoms with van der Waals surface area (Å²) in [6, 6.07) is 27.1. The molecule has 0 aliphatic carbocycles. The molecule has 4 aromatic carbocycles. The fourth-order valence-electron chi connectivity index (χ4n) is 4.47. The van der Waals surface area contributed by atoms with Crippen molar-refractivity contribution in [2.75, 3.05) is 0 Å². The maximum Gasteiger partial charge on any atom is 0.193 e. The SMILES string of the molecule is CCc1ccc(Oc2ccc(C(=O)c3ccc(Oc4ccc(CC)c(CC)c4)cc3)cc2)cc1CC. The maximum atomic E-state index is 13.0. The Bertz CT molecular complexity index is 1220. The summed E-state index contributed by atoms with van der Waals surface area (Å²) in [6.07, 6.45) is 3.98. The zero-order valence-electron chi connectivity index (χ0n) is 21.6. The Kier molecular flexibility index (Phi) is 8.22. The first kappa shape index (κ1) is 25.2. The Labute approximate surface area is 214 Å². The van der Waals surface area contributed by atoms with E-state index in [0.717, 1.165) is 37.2 Å². The normalized spacial score (nSPS) is 10.8. The van der Waals surface area contributed by atoms with Crippen molar-refractivity contribution in [1.29, 1.82) is 0 Å². The number of hydrogen-bond acceptors (Lipinski definition) is 3. The van der Waals surface area contributed by atoms with Gasteiger partial charge < -0.3 is 9.47 Å². The van der Waals surface area contributed by atoms with Gasteiger partial charge in [0.25, 0.3) is 0 Å². The Morgan fingerprint density at radius 1 is 0.472 bits per heavy atom. The van der Waals surface area contributed by atoms with Crippen molar-refractivity contribution >= 4 is 5.78 Å². The summed E-state index contributed by atoms with van der Waals surface area (Å²) in [7, 11) is 0. The molecule has 0 N–H and O–H groups in total. The van der Waals surface area contributed by atoms with Crippen LogP contribution in [-0.4, -0.2) is 5.78 Å². The van der Waals surface area contributed by atoms with Gasteiger partial charge in [-0.2, -0.15) is 0 Å². The molecule has 0 saturated carbocycles. The molecule has 0 bridgehead atoms. The molecule has 0 heterocycles. The lowest BCUT2D eigenvalue weighted by atomic mass is 10.0. The van der Waals surface area contributed by atoms with Gasteiger partial charge >= 0.3 is 0 Å². The van der Waals surface area contributed by atoms with Gasteiger partial charge in [-0.25, -0.2) is 0 Å². The number of carbonyl (C=O) groups excluding carboxylic acids is 1. The summed E-state index contributed by atoms with van der Waals surface area (Å²) in [6.45, 7) is 8.64. The van der Waals surface area contributed by atoms with Crippen molar-refractivity contribution in [2.45, 2.75) is 53.4 Å². The van der Waals surface area contributed by atoms with E-state index in [0.29, 0.717) is 22.6 Å². The second-order valence-electron chi connectivity index (χ2n) is 8.86. The number of rotatable bonds is 10. The summed E-state index contributed by atoms with van der Waals surface area (Å²) in [5.74, 6) is 3.02. The van der Waals surface area contributed by atoms with Gasteiger partial charge in [-0.15, -0.1) is 0 Å². The van der Waals surface area contributed by atoms with E-state index in [9.17, 15) is 4.79 Å². The fourth-order valence-corrected chi connectivity index (χ4v) is 4.47. The molecule has 0 aliphatic rings. The lowest BCUT2D eigenvalue weighted by Gasteiger charge is -2.11. The van der Waals surface area contributed by atoms with Gasteiger partial charge in [0.2, 0.25) is 0 Å². The van der Waals surface area contributed by atoms with E-state index in [1.54, 1.807) is 0 Å². The van der Waals surface area contributed by atoms with Crippen LogP contribution in [0.3, 0.4) is 0 Å². The van der Waals surface area contributed by atoms with E-state index in [4.69, 9.17) is 9.47 Å². The van der Waals surface area contributed by atoms with Crippen LogP contribution in [0.4, 0.5) is 0 Å². The third-order valence-corrected chi connectivity index (χ3v) is 6.58. The highest BCUT2D eigenvalue weighted by Gasteiger charge is 2.11. The molecule has 0 atom stereocenters. The maximum absolute atomic E-state index is 13.0. The monoisotopic (exact) mass is 478 g/mol. The van der Waals surface area contributed by atoms with Crippen molar-refractivity contribution < 1.29 is 14.3 Å². The second kappa shape index (κ2) is 11.7. The minimum Gasteiger partial charge on any atom is -0.457 e. The minimum absolute atomic E-state index is 0.0331. The molecule has 0 radical (unpaired) electrons. The van der Waals surface area contributed by atoms with Crippen LogP contribution in [0.2, 0.25) is 0 Å². The lowest BCUT2D eigenvalue weighted by Crippen LogP contribution is -2.01. The van der Waals surface area contributed by atoms with Gasteiger partial charge in [-0.05, 0) is 121 Å². The number of aryl methyl sites for hydroxylation is 4. The first-order chi connectivity index (χ1) is 17.5. The first-order valence-corrected chi connectivity index (χ1v) is 12.9. The van der Waals surface area contributed by atoms with Crippen LogP contribution in [0.1, 0.15) is 65.9 Å². The fraction of sp³-hybridized carbons (Fsp3) is 0.242. The lowest BCUT2D eigenvalue weighted by molar-refractivity contribution is 0.103. The Morgan fingerprint density at radius 2 is 0.806 bits per heavy atom. The van der Waals surface area contributed by atoms with Crippen LogP contribution in [-0.2, 0) is 25.7 Å². The third kappa shape index (κ3) is 5.85. The number of benzene rings is 4. The van der Waals surface area contributed by atoms with E-state index in [2.05, 4.69) is 52.0 Å². The van der Waals surface area contributed by atoms with E-state index in [-0.39, 0.29) is 5.78 Å². The average Bonchev–Trinajstić information content (AvgIpc) is 2.93. The van der Waals surface area contributed by atoms with Crippen LogP contribution >= 0.6 is 0 Å². The van der Waals surface area contributed by atoms with Gasteiger partial charge in [0.05, 0.1) is 0 Å². The Balaban J connectivity index is 1.42. The van der Waals surface area contributed by atoms with E-state index in [1.165, 1.54) is 22.3 Å². The largest absolute Gasteiger partial charge is 0.457 e. The molecular formula is C33H34O3. The molecule has 0 spiro atoms. The second-order valence-corrected chi connectivity index (χ2v) is 8.86. The molecule has 3 nitrogen and oxygen atoms in total. The van der Waals surface area contributed by atoms with E-state index >= 15 is 0 Å². The zero-order valence-corrected chi connectivity index (χ0v) is 21.6. The highest BCUT2D eigenvalue weighted by molar-refractivity contribution is 6.09.